The molecule has 1 aliphatic rings. The third-order valence-electron chi connectivity index (χ3n) is 6.40. The number of nitrogens with zero attached hydrogens (tertiary/aromatic N) is 3. The first-order valence-corrected chi connectivity index (χ1v) is 13.6. The summed E-state index contributed by atoms with van der Waals surface area (Å²) in [6.07, 6.45) is 3.55. The van der Waals surface area contributed by atoms with Crippen LogP contribution in [0.4, 0.5) is 10.2 Å². The number of alkyl halides is 1. The summed E-state index contributed by atoms with van der Waals surface area (Å²) in [7, 11) is -3.13. The summed E-state index contributed by atoms with van der Waals surface area (Å²) in [5.74, 6) is 1.87. The number of nitrogens with one attached hydrogen (secondary N) is 2. The Morgan fingerprint density at radius 2 is 2.08 bits per heavy atom. The van der Waals surface area contributed by atoms with Gasteiger partial charge in [-0.15, -0.1) is 6.42 Å². The Kier molecular flexibility index (Phi) is 8.46. The number of aryl methyl sites for hydroxylation is 1. The molecule has 0 aliphatic carbocycles. The summed E-state index contributed by atoms with van der Waals surface area (Å²) in [5.41, 5.74) is 0.807. The van der Waals surface area contributed by atoms with Gasteiger partial charge in [0.2, 0.25) is 0 Å². The highest BCUT2D eigenvalue weighted by molar-refractivity contribution is 7.52. The summed E-state index contributed by atoms with van der Waals surface area (Å²) in [6.45, 7) is 3.78. The predicted molar refractivity (Wildman–Crippen MR) is 140 cm³/mol. The Morgan fingerprint density at radius 1 is 1.38 bits per heavy atom. The minimum atomic E-state index is -4.30. The number of benzene rings is 1. The number of methoxy groups -OCH3 is 1. The zero-order chi connectivity index (χ0) is 29.2. The Bertz CT molecular complexity index is 1470. The second-order valence-electron chi connectivity index (χ2n) is 9.32. The van der Waals surface area contributed by atoms with Crippen molar-refractivity contribution in [2.45, 2.75) is 50.9 Å². The molecule has 3 heterocycles. The van der Waals surface area contributed by atoms with Crippen molar-refractivity contribution in [3.05, 3.63) is 47.9 Å². The lowest BCUT2D eigenvalue weighted by molar-refractivity contribution is -0.142. The summed E-state index contributed by atoms with van der Waals surface area (Å²) in [6, 6.07) is 5.46. The maximum atomic E-state index is 16.0. The Hall–Kier alpha value is -3.57. The first-order chi connectivity index (χ1) is 18.9. The lowest BCUT2D eigenvalue weighted by Gasteiger charge is -2.25. The average molecular weight is 578 g/mol. The maximum absolute atomic E-state index is 16.0. The molecule has 13 nitrogen and oxygen atoms in total. The number of carbonyl (C=O) groups excluding carboxylic acids is 1. The number of hydrogen-bond acceptors (Lipinski definition) is 11. The summed E-state index contributed by atoms with van der Waals surface area (Å²) in [4.78, 5) is 20.0. The molecule has 2 unspecified atom stereocenters. The van der Waals surface area contributed by atoms with Crippen molar-refractivity contribution in [2.24, 2.45) is 0 Å². The first-order valence-electron chi connectivity index (χ1n) is 12.0. The topological polar surface area (TPSA) is 166 Å². The lowest BCUT2D eigenvalue weighted by atomic mass is 9.98. The van der Waals surface area contributed by atoms with E-state index in [2.05, 4.69) is 25.7 Å². The van der Waals surface area contributed by atoms with Crippen LogP contribution in [0.2, 0.25) is 0 Å². The molecule has 1 aromatic carbocycles. The lowest BCUT2D eigenvalue weighted by Crippen LogP contribution is -2.41. The number of fused-ring (bicyclic) bond motifs is 1. The predicted octanol–water partition coefficient (Wildman–Crippen LogP) is 2.86. The van der Waals surface area contributed by atoms with Crippen LogP contribution in [0.5, 0.6) is 5.75 Å². The van der Waals surface area contributed by atoms with Gasteiger partial charge in [0.1, 0.15) is 36.0 Å². The van der Waals surface area contributed by atoms with Gasteiger partial charge >= 0.3 is 13.7 Å². The first kappa shape index (κ1) is 29.4. The fourth-order valence-electron chi connectivity index (χ4n) is 4.27. The van der Waals surface area contributed by atoms with Gasteiger partial charge < -0.3 is 23.7 Å². The highest BCUT2D eigenvalue weighted by Gasteiger charge is 2.56. The third kappa shape index (κ3) is 5.66. The zero-order valence-corrected chi connectivity index (χ0v) is 23.0. The van der Waals surface area contributed by atoms with E-state index < -0.39 is 50.5 Å². The van der Waals surface area contributed by atoms with Gasteiger partial charge in [-0.3, -0.25) is 20.0 Å². The van der Waals surface area contributed by atoms with Crippen molar-refractivity contribution in [1.29, 1.82) is 0 Å². The smallest absolute Gasteiger partial charge is 0.459 e. The second-order valence-corrected chi connectivity index (χ2v) is 11.0. The van der Waals surface area contributed by atoms with Crippen LogP contribution in [0.15, 0.2) is 36.8 Å². The zero-order valence-electron chi connectivity index (χ0n) is 22.1. The number of hydrogen-bond donors (Lipinski definition) is 4. The summed E-state index contributed by atoms with van der Waals surface area (Å²) >= 11 is 0. The van der Waals surface area contributed by atoms with Crippen LogP contribution in [0.25, 0.3) is 11.0 Å². The average Bonchev–Trinajstić information content (AvgIpc) is 3.42. The van der Waals surface area contributed by atoms with Gasteiger partial charge in [-0.05, 0) is 32.9 Å². The van der Waals surface area contributed by atoms with Crippen LogP contribution in [0.1, 0.15) is 31.2 Å². The van der Waals surface area contributed by atoms with Crippen molar-refractivity contribution in [1.82, 2.24) is 19.6 Å². The van der Waals surface area contributed by atoms with Gasteiger partial charge in [-0.25, -0.2) is 18.9 Å². The third-order valence-corrected chi connectivity index (χ3v) is 8.05. The molecule has 6 atom stereocenters. The van der Waals surface area contributed by atoms with Gasteiger partial charge in [0, 0.05) is 6.20 Å². The number of halogens is 1. The largest absolute Gasteiger partial charge is 0.468 e. The van der Waals surface area contributed by atoms with Crippen LogP contribution in [-0.2, 0) is 23.4 Å². The number of anilines is 1. The number of carbonyl (C=O) groups is 1. The van der Waals surface area contributed by atoms with Crippen LogP contribution in [0.3, 0.4) is 0 Å². The SMILES string of the molecule is C#Cc1cn([C@@H]2O[C@H](COP(=O)(NC(C)C(=O)OC)Oc3ccc(C)cc3)[C@@H](O)[C@@]2(C)F)c2ncnc(NO)c12. The van der Waals surface area contributed by atoms with E-state index in [-0.39, 0.29) is 28.2 Å². The highest BCUT2D eigenvalue weighted by atomic mass is 31.2. The number of terminal acetylenes is 1. The van der Waals surface area contributed by atoms with E-state index in [1.165, 1.54) is 24.8 Å². The van der Waals surface area contributed by atoms with Crippen molar-refractivity contribution in [2.75, 3.05) is 19.2 Å². The number of esters is 1. The molecular formula is C25H29FN5O8P. The molecule has 1 aliphatic heterocycles. The van der Waals surface area contributed by atoms with Crippen molar-refractivity contribution >= 4 is 30.6 Å². The van der Waals surface area contributed by atoms with E-state index in [1.807, 2.05) is 12.4 Å². The molecular weight excluding hydrogens is 548 g/mol. The Labute approximate surface area is 229 Å². The van der Waals surface area contributed by atoms with E-state index in [0.717, 1.165) is 18.8 Å². The van der Waals surface area contributed by atoms with Gasteiger partial charge in [0.05, 0.1) is 24.7 Å². The molecule has 0 bridgehead atoms. The minimum absolute atomic E-state index is 0.00400. The number of aromatic nitrogens is 3. The Morgan fingerprint density at radius 3 is 2.70 bits per heavy atom. The van der Waals surface area contributed by atoms with E-state index in [9.17, 15) is 19.7 Å². The van der Waals surface area contributed by atoms with E-state index in [1.54, 1.807) is 24.3 Å². The highest BCUT2D eigenvalue weighted by Crippen LogP contribution is 2.48. The van der Waals surface area contributed by atoms with E-state index in [0.29, 0.717) is 0 Å². The van der Waals surface area contributed by atoms with Crippen LogP contribution in [-0.4, -0.2) is 68.5 Å². The molecule has 0 amide bonds. The van der Waals surface area contributed by atoms with Crippen molar-refractivity contribution in [3.63, 3.8) is 0 Å². The molecule has 15 heteroatoms. The van der Waals surface area contributed by atoms with Gasteiger partial charge in [0.15, 0.2) is 17.7 Å². The molecule has 4 rings (SSSR count). The monoisotopic (exact) mass is 577 g/mol. The molecule has 0 radical (unpaired) electrons. The quantitative estimate of drug-likeness (QED) is 0.121. The molecule has 3 aromatic rings. The molecule has 1 fully saturated rings. The van der Waals surface area contributed by atoms with E-state index >= 15 is 4.39 Å². The summed E-state index contributed by atoms with van der Waals surface area (Å²) < 4.78 is 52.7. The molecule has 4 N–H and O–H groups in total. The fraction of sp³-hybridized carbons (Fsp3) is 0.400. The second kappa shape index (κ2) is 11.5. The molecule has 40 heavy (non-hydrogen) atoms. The van der Waals surface area contributed by atoms with Crippen LogP contribution >= 0.6 is 7.75 Å². The molecule has 214 valence electrons. The molecule has 1 saturated heterocycles. The van der Waals surface area contributed by atoms with Gasteiger partial charge in [-0.1, -0.05) is 23.6 Å². The van der Waals surface area contributed by atoms with E-state index in [4.69, 9.17) is 20.2 Å². The molecule has 0 spiro atoms. The maximum Gasteiger partial charge on any atom is 0.459 e. The number of aliphatic hydroxyl groups excluding tert-OH is 1. The standard InChI is InChI=1S/C25H29FN5O8P/c1-6-16-11-31(22-19(16)21(29-34)27-13-28-22)24-25(4,26)20(32)18(38-24)12-37-40(35,30-15(3)23(33)36-5)39-17-9-7-14(2)8-10-17/h1,7-11,13,15,18,20,24,32,34H,12H2,2-5H3,(H,30,35)(H,27,28,29)/t15?,18-,20-,24-,25-,40?/m1/s1. The van der Waals surface area contributed by atoms with Crippen LogP contribution < -0.4 is 15.1 Å². The molecule has 0 saturated carbocycles. The van der Waals surface area contributed by atoms with Crippen LogP contribution in [0, 0.1) is 19.3 Å². The number of ether oxygens (including phenoxy) is 2. The summed E-state index contributed by atoms with van der Waals surface area (Å²) in [5, 5.41) is 23.0. The molecule has 2 aromatic heterocycles. The van der Waals surface area contributed by atoms with Crippen molar-refractivity contribution < 1.29 is 42.6 Å². The van der Waals surface area contributed by atoms with Crippen molar-refractivity contribution in [3.8, 4) is 18.1 Å². The van der Waals surface area contributed by atoms with Gasteiger partial charge in [0.25, 0.3) is 0 Å². The number of aliphatic hydroxyl groups is 1. The fourth-order valence-corrected chi connectivity index (χ4v) is 5.78. The number of rotatable bonds is 10. The minimum Gasteiger partial charge on any atom is -0.468 e. The normalized spacial score (nSPS) is 24.7. The van der Waals surface area contributed by atoms with Gasteiger partial charge in [-0.2, -0.15) is 5.09 Å². The Balaban J connectivity index is 1.60.